The average molecular weight is 224 g/mol. The van der Waals surface area contributed by atoms with Gasteiger partial charge in [0.25, 0.3) is 0 Å². The summed E-state index contributed by atoms with van der Waals surface area (Å²) < 4.78 is 0. The summed E-state index contributed by atoms with van der Waals surface area (Å²) in [5.74, 6) is 0. The lowest BCUT2D eigenvalue weighted by molar-refractivity contribution is 0.282. The van der Waals surface area contributed by atoms with Crippen LogP contribution in [0.1, 0.15) is 70.6 Å². The molecule has 0 saturated carbocycles. The molecule has 0 heterocycles. The van der Waals surface area contributed by atoms with Crippen LogP contribution in [0.3, 0.4) is 0 Å². The van der Waals surface area contributed by atoms with Crippen LogP contribution in [0.2, 0.25) is 0 Å². The van der Waals surface area contributed by atoms with Gasteiger partial charge in [-0.15, -0.1) is 5.73 Å². The van der Waals surface area contributed by atoms with E-state index >= 15 is 0 Å². The fourth-order valence-electron chi connectivity index (χ4n) is 1.87. The molecule has 0 aromatic rings. The van der Waals surface area contributed by atoms with E-state index in [1.165, 1.54) is 57.8 Å². The Labute approximate surface area is 101 Å². The van der Waals surface area contributed by atoms with E-state index in [4.69, 9.17) is 5.11 Å². The van der Waals surface area contributed by atoms with Gasteiger partial charge in [0.1, 0.15) is 0 Å². The molecule has 0 atom stereocenters. The van der Waals surface area contributed by atoms with Crippen molar-refractivity contribution in [3.8, 4) is 0 Å². The summed E-state index contributed by atoms with van der Waals surface area (Å²) in [6.45, 7) is 3.91. The first-order valence-corrected chi connectivity index (χ1v) is 6.87. The van der Waals surface area contributed by atoms with E-state index in [0.29, 0.717) is 6.61 Å². The van der Waals surface area contributed by atoms with Crippen LogP contribution in [0.25, 0.3) is 0 Å². The van der Waals surface area contributed by atoms with Gasteiger partial charge in [-0.05, 0) is 25.3 Å². The van der Waals surface area contributed by atoms with Gasteiger partial charge < -0.3 is 5.11 Å². The van der Waals surface area contributed by atoms with Gasteiger partial charge in [0, 0.05) is 6.61 Å². The third-order valence-electron chi connectivity index (χ3n) is 2.90. The van der Waals surface area contributed by atoms with Crippen molar-refractivity contribution in [2.45, 2.75) is 70.6 Å². The summed E-state index contributed by atoms with van der Waals surface area (Å²) in [7, 11) is 0. The lowest BCUT2D eigenvalue weighted by atomic mass is 10.1. The molecule has 0 rings (SSSR count). The molecule has 0 unspecified atom stereocenters. The van der Waals surface area contributed by atoms with E-state index in [2.05, 4.69) is 12.3 Å². The monoisotopic (exact) mass is 224 g/mol. The van der Waals surface area contributed by atoms with Crippen LogP contribution in [-0.4, -0.2) is 11.7 Å². The zero-order valence-corrected chi connectivity index (χ0v) is 10.7. The van der Waals surface area contributed by atoms with Crippen molar-refractivity contribution in [3.63, 3.8) is 0 Å². The lowest BCUT2D eigenvalue weighted by Gasteiger charge is -2.01. The number of rotatable bonds is 12. The predicted octanol–water partition coefficient (Wildman–Crippen LogP) is 4.61. The summed E-state index contributed by atoms with van der Waals surface area (Å²) in [6.07, 6.45) is 16.2. The third kappa shape index (κ3) is 13.5. The Morgan fingerprint density at radius 3 is 1.62 bits per heavy atom. The van der Waals surface area contributed by atoms with Crippen LogP contribution >= 0.6 is 0 Å². The Kier molecular flexibility index (Phi) is 14.0. The molecular formula is C15H28O. The topological polar surface area (TPSA) is 20.2 Å². The minimum Gasteiger partial charge on any atom is -0.396 e. The van der Waals surface area contributed by atoms with Crippen LogP contribution in [0, 0.1) is 0 Å². The normalized spacial score (nSPS) is 10.1. The zero-order valence-electron chi connectivity index (χ0n) is 10.7. The molecule has 0 aliphatic heterocycles. The molecule has 0 spiro atoms. The maximum absolute atomic E-state index is 8.62. The van der Waals surface area contributed by atoms with Crippen LogP contribution in [0.4, 0.5) is 0 Å². The van der Waals surface area contributed by atoms with E-state index in [1.54, 1.807) is 0 Å². The molecule has 0 aromatic carbocycles. The first-order valence-electron chi connectivity index (χ1n) is 6.87. The molecule has 0 bridgehead atoms. The zero-order chi connectivity index (χ0) is 11.9. The summed E-state index contributed by atoms with van der Waals surface area (Å²) >= 11 is 0. The highest BCUT2D eigenvalue weighted by Gasteiger charge is 1.92. The van der Waals surface area contributed by atoms with Crippen LogP contribution in [-0.2, 0) is 0 Å². The van der Waals surface area contributed by atoms with Gasteiger partial charge in [0.2, 0.25) is 0 Å². The SMILES string of the molecule is C=C=CCCCCCCCCCCCCO. The molecule has 1 nitrogen and oxygen atoms in total. The van der Waals surface area contributed by atoms with E-state index in [9.17, 15) is 0 Å². The molecule has 0 amide bonds. The minimum absolute atomic E-state index is 0.360. The van der Waals surface area contributed by atoms with Crippen molar-refractivity contribution in [3.05, 3.63) is 18.4 Å². The second kappa shape index (κ2) is 14.5. The molecule has 94 valence electrons. The molecular weight excluding hydrogens is 196 g/mol. The quantitative estimate of drug-likeness (QED) is 0.379. The summed E-state index contributed by atoms with van der Waals surface area (Å²) in [6, 6.07) is 0. The van der Waals surface area contributed by atoms with Crippen LogP contribution in [0.5, 0.6) is 0 Å². The number of aliphatic hydroxyl groups excluding tert-OH is 1. The van der Waals surface area contributed by atoms with Crippen molar-refractivity contribution in [1.29, 1.82) is 0 Å². The predicted molar refractivity (Wildman–Crippen MR) is 71.6 cm³/mol. The summed E-state index contributed by atoms with van der Waals surface area (Å²) in [5, 5.41) is 8.62. The highest BCUT2D eigenvalue weighted by atomic mass is 16.2. The number of aliphatic hydroxyl groups is 1. The number of allylic oxidation sites excluding steroid dienone is 1. The molecule has 1 N–H and O–H groups in total. The van der Waals surface area contributed by atoms with Gasteiger partial charge in [-0.1, -0.05) is 57.9 Å². The highest BCUT2D eigenvalue weighted by Crippen LogP contribution is 2.11. The Hall–Kier alpha value is -0.520. The van der Waals surface area contributed by atoms with Gasteiger partial charge in [-0.25, -0.2) is 0 Å². The molecule has 0 saturated heterocycles. The fourth-order valence-corrected chi connectivity index (χ4v) is 1.87. The van der Waals surface area contributed by atoms with Gasteiger partial charge in [-0.2, -0.15) is 0 Å². The van der Waals surface area contributed by atoms with E-state index in [-0.39, 0.29) is 0 Å². The van der Waals surface area contributed by atoms with E-state index < -0.39 is 0 Å². The summed E-state index contributed by atoms with van der Waals surface area (Å²) in [5.41, 5.74) is 2.81. The summed E-state index contributed by atoms with van der Waals surface area (Å²) in [4.78, 5) is 0. The minimum atomic E-state index is 0.360. The second-order valence-electron chi connectivity index (χ2n) is 4.46. The molecule has 0 fully saturated rings. The Bertz CT molecular complexity index is 168. The molecule has 0 aliphatic carbocycles. The standard InChI is InChI=1S/C15H28O/c1-2-3-4-5-6-7-8-9-10-11-12-13-14-15-16/h3,16H,1,4-15H2. The van der Waals surface area contributed by atoms with Gasteiger partial charge in [-0.3, -0.25) is 0 Å². The lowest BCUT2D eigenvalue weighted by Crippen LogP contribution is -1.84. The first-order chi connectivity index (χ1) is 7.91. The number of unbranched alkanes of at least 4 members (excludes halogenated alkanes) is 10. The average Bonchev–Trinajstić information content (AvgIpc) is 2.31. The third-order valence-corrected chi connectivity index (χ3v) is 2.90. The Morgan fingerprint density at radius 1 is 0.750 bits per heavy atom. The van der Waals surface area contributed by atoms with Crippen molar-refractivity contribution >= 4 is 0 Å². The van der Waals surface area contributed by atoms with Crippen LogP contribution < -0.4 is 0 Å². The Morgan fingerprint density at radius 2 is 1.19 bits per heavy atom. The second-order valence-corrected chi connectivity index (χ2v) is 4.46. The first kappa shape index (κ1) is 15.5. The largest absolute Gasteiger partial charge is 0.396 e. The molecule has 0 aliphatic rings. The number of hydrogen-bond acceptors (Lipinski definition) is 1. The molecule has 1 heteroatoms. The Balaban J connectivity index is 2.90. The van der Waals surface area contributed by atoms with E-state index in [1.807, 2.05) is 6.08 Å². The molecule has 0 aromatic heterocycles. The van der Waals surface area contributed by atoms with Gasteiger partial charge in [0.15, 0.2) is 0 Å². The van der Waals surface area contributed by atoms with Gasteiger partial charge in [0.05, 0.1) is 0 Å². The smallest absolute Gasteiger partial charge is 0.0431 e. The maximum Gasteiger partial charge on any atom is 0.0431 e. The van der Waals surface area contributed by atoms with Crippen LogP contribution in [0.15, 0.2) is 18.4 Å². The van der Waals surface area contributed by atoms with Crippen molar-refractivity contribution < 1.29 is 5.11 Å². The highest BCUT2D eigenvalue weighted by molar-refractivity contribution is 4.74. The number of hydrogen-bond donors (Lipinski definition) is 1. The van der Waals surface area contributed by atoms with Gasteiger partial charge >= 0.3 is 0 Å². The molecule has 0 radical (unpaired) electrons. The van der Waals surface area contributed by atoms with Crippen molar-refractivity contribution in [1.82, 2.24) is 0 Å². The maximum atomic E-state index is 8.62. The van der Waals surface area contributed by atoms with Crippen molar-refractivity contribution in [2.75, 3.05) is 6.61 Å². The van der Waals surface area contributed by atoms with Crippen molar-refractivity contribution in [2.24, 2.45) is 0 Å². The van der Waals surface area contributed by atoms with E-state index in [0.717, 1.165) is 12.8 Å². The fraction of sp³-hybridized carbons (Fsp3) is 0.800. The molecule has 16 heavy (non-hydrogen) atoms.